The number of thiazole rings is 1. The van der Waals surface area contributed by atoms with Crippen LogP contribution in [0.1, 0.15) is 0 Å². The van der Waals surface area contributed by atoms with Gasteiger partial charge in [0.2, 0.25) is 0 Å². The van der Waals surface area contributed by atoms with E-state index in [9.17, 15) is 4.79 Å². The highest BCUT2D eigenvalue weighted by Crippen LogP contribution is 2.25. The molecule has 0 radical (unpaired) electrons. The van der Waals surface area contributed by atoms with Crippen LogP contribution in [-0.2, 0) is 0 Å². The summed E-state index contributed by atoms with van der Waals surface area (Å²) in [7, 11) is 0. The SMILES string of the molecule is O=C(Nc1ccccc1)Oc1ncc(Br)s1. The summed E-state index contributed by atoms with van der Waals surface area (Å²) < 4.78 is 5.78. The van der Waals surface area contributed by atoms with Crippen LogP contribution < -0.4 is 10.1 Å². The van der Waals surface area contributed by atoms with Gasteiger partial charge in [0.25, 0.3) is 5.19 Å². The quantitative estimate of drug-likeness (QED) is 0.923. The number of para-hydroxylation sites is 1. The molecule has 0 fully saturated rings. The van der Waals surface area contributed by atoms with Gasteiger partial charge in [0, 0.05) is 5.69 Å². The van der Waals surface area contributed by atoms with Gasteiger partial charge in [-0.25, -0.2) is 9.78 Å². The zero-order valence-corrected chi connectivity index (χ0v) is 10.4. The zero-order chi connectivity index (χ0) is 11.4. The smallest absolute Gasteiger partial charge is 0.381 e. The average Bonchev–Trinajstić information content (AvgIpc) is 2.65. The van der Waals surface area contributed by atoms with Gasteiger partial charge in [0.05, 0.1) is 9.98 Å². The molecule has 0 bridgehead atoms. The number of rotatable bonds is 2. The van der Waals surface area contributed by atoms with Crippen molar-refractivity contribution in [3.8, 4) is 5.19 Å². The molecule has 0 saturated heterocycles. The highest BCUT2D eigenvalue weighted by Gasteiger charge is 2.07. The van der Waals surface area contributed by atoms with Crippen LogP contribution in [0.15, 0.2) is 40.3 Å². The van der Waals surface area contributed by atoms with Crippen LogP contribution in [0.5, 0.6) is 5.19 Å². The summed E-state index contributed by atoms with van der Waals surface area (Å²) >= 11 is 4.48. The van der Waals surface area contributed by atoms with Crippen LogP contribution >= 0.6 is 27.3 Å². The molecule has 1 aromatic heterocycles. The predicted octanol–water partition coefficient (Wildman–Crippen LogP) is 3.52. The normalized spacial score (nSPS) is 9.81. The van der Waals surface area contributed by atoms with Gasteiger partial charge in [0.15, 0.2) is 0 Å². The van der Waals surface area contributed by atoms with E-state index in [1.165, 1.54) is 11.3 Å². The fraction of sp³-hybridized carbons (Fsp3) is 0. The number of amides is 1. The van der Waals surface area contributed by atoms with E-state index in [0.717, 1.165) is 3.79 Å². The molecule has 0 aliphatic carbocycles. The first-order valence-electron chi connectivity index (χ1n) is 4.39. The maximum absolute atomic E-state index is 11.4. The van der Waals surface area contributed by atoms with Gasteiger partial charge < -0.3 is 4.74 Å². The number of nitrogens with one attached hydrogen (secondary N) is 1. The Morgan fingerprint density at radius 3 is 2.75 bits per heavy atom. The second kappa shape index (κ2) is 5.09. The molecule has 1 heterocycles. The maximum Gasteiger partial charge on any atom is 0.419 e. The number of carbonyl (C=O) groups is 1. The number of ether oxygens (including phenoxy) is 1. The van der Waals surface area contributed by atoms with Crippen molar-refractivity contribution in [3.05, 3.63) is 40.3 Å². The monoisotopic (exact) mass is 298 g/mol. The fourth-order valence-electron chi connectivity index (χ4n) is 1.03. The van der Waals surface area contributed by atoms with Gasteiger partial charge in [0.1, 0.15) is 0 Å². The number of halogens is 1. The van der Waals surface area contributed by atoms with Crippen LogP contribution in [0.3, 0.4) is 0 Å². The number of hydrogen-bond acceptors (Lipinski definition) is 4. The molecule has 0 aliphatic rings. The molecule has 0 atom stereocenters. The molecule has 1 aromatic carbocycles. The van der Waals surface area contributed by atoms with E-state index in [1.807, 2.05) is 18.2 Å². The summed E-state index contributed by atoms with van der Waals surface area (Å²) in [6.07, 6.45) is 1.03. The molecule has 1 amide bonds. The first-order valence-corrected chi connectivity index (χ1v) is 6.00. The Hall–Kier alpha value is -1.40. The molecule has 0 aliphatic heterocycles. The van der Waals surface area contributed by atoms with E-state index in [4.69, 9.17) is 4.74 Å². The van der Waals surface area contributed by atoms with E-state index in [2.05, 4.69) is 26.2 Å². The number of anilines is 1. The highest BCUT2D eigenvalue weighted by atomic mass is 79.9. The van der Waals surface area contributed by atoms with Crippen LogP contribution in [-0.4, -0.2) is 11.1 Å². The summed E-state index contributed by atoms with van der Waals surface area (Å²) in [5.41, 5.74) is 0.683. The van der Waals surface area contributed by atoms with Crippen molar-refractivity contribution in [2.75, 3.05) is 5.32 Å². The summed E-state index contributed by atoms with van der Waals surface area (Å²) in [6, 6.07) is 9.08. The van der Waals surface area contributed by atoms with Crippen molar-refractivity contribution in [2.45, 2.75) is 0 Å². The largest absolute Gasteiger partial charge is 0.419 e. The third-order valence-corrected chi connectivity index (χ3v) is 3.01. The third kappa shape index (κ3) is 3.04. The molecule has 0 unspecified atom stereocenters. The molecule has 2 rings (SSSR count). The average molecular weight is 299 g/mol. The molecule has 0 spiro atoms. The summed E-state index contributed by atoms with van der Waals surface area (Å²) in [6.45, 7) is 0. The van der Waals surface area contributed by atoms with Gasteiger partial charge in [-0.15, -0.1) is 0 Å². The van der Waals surface area contributed by atoms with E-state index in [-0.39, 0.29) is 0 Å². The second-order valence-electron chi connectivity index (χ2n) is 2.81. The Kier molecular flexibility index (Phi) is 3.53. The topological polar surface area (TPSA) is 51.2 Å². The molecule has 1 N–H and O–H groups in total. The lowest BCUT2D eigenvalue weighted by atomic mass is 10.3. The van der Waals surface area contributed by atoms with Crippen LogP contribution in [0.4, 0.5) is 10.5 Å². The van der Waals surface area contributed by atoms with E-state index >= 15 is 0 Å². The lowest BCUT2D eigenvalue weighted by Gasteiger charge is -2.02. The Bertz CT molecular complexity index is 487. The lowest BCUT2D eigenvalue weighted by molar-refractivity contribution is 0.215. The van der Waals surface area contributed by atoms with Gasteiger partial charge in [-0.1, -0.05) is 29.5 Å². The Labute approximate surface area is 104 Å². The van der Waals surface area contributed by atoms with Crippen LogP contribution in [0.25, 0.3) is 0 Å². The predicted molar refractivity (Wildman–Crippen MR) is 65.9 cm³/mol. The number of nitrogens with zero attached hydrogens (tertiary/aromatic N) is 1. The summed E-state index contributed by atoms with van der Waals surface area (Å²) in [5.74, 6) is 0. The Morgan fingerprint density at radius 2 is 2.12 bits per heavy atom. The first kappa shape index (κ1) is 11.1. The first-order chi connectivity index (χ1) is 7.74. The minimum absolute atomic E-state index is 0.306. The number of benzene rings is 1. The van der Waals surface area contributed by atoms with E-state index in [0.29, 0.717) is 10.9 Å². The Balaban J connectivity index is 1.95. The van der Waals surface area contributed by atoms with Crippen molar-refractivity contribution in [1.82, 2.24) is 4.98 Å². The van der Waals surface area contributed by atoms with E-state index < -0.39 is 6.09 Å². The van der Waals surface area contributed by atoms with E-state index in [1.54, 1.807) is 18.3 Å². The van der Waals surface area contributed by atoms with Crippen molar-refractivity contribution >= 4 is 39.0 Å². The molecule has 0 saturated carbocycles. The minimum atomic E-state index is -0.548. The standard InChI is InChI=1S/C10H7BrN2O2S/c11-8-6-12-10(16-8)15-9(14)13-7-4-2-1-3-5-7/h1-6H,(H,13,14). The third-order valence-electron chi connectivity index (χ3n) is 1.66. The number of carbonyl (C=O) groups excluding carboxylic acids is 1. The van der Waals surface area contributed by atoms with Gasteiger partial charge in [-0.05, 0) is 28.1 Å². The number of aromatic nitrogens is 1. The van der Waals surface area contributed by atoms with Crippen LogP contribution in [0, 0.1) is 0 Å². The number of hydrogen-bond donors (Lipinski definition) is 1. The Morgan fingerprint density at radius 1 is 1.38 bits per heavy atom. The van der Waals surface area contributed by atoms with Gasteiger partial charge in [-0.3, -0.25) is 5.32 Å². The fourth-order valence-corrected chi connectivity index (χ4v) is 2.04. The summed E-state index contributed by atoms with van der Waals surface area (Å²) in [5, 5.41) is 2.90. The summed E-state index contributed by atoms with van der Waals surface area (Å²) in [4.78, 5) is 15.3. The maximum atomic E-state index is 11.4. The molecule has 16 heavy (non-hydrogen) atoms. The molecule has 82 valence electrons. The minimum Gasteiger partial charge on any atom is -0.381 e. The van der Waals surface area contributed by atoms with Gasteiger partial charge >= 0.3 is 6.09 Å². The highest BCUT2D eigenvalue weighted by molar-refractivity contribution is 9.11. The second-order valence-corrected chi connectivity index (χ2v) is 5.18. The zero-order valence-electron chi connectivity index (χ0n) is 8.01. The molecule has 6 heteroatoms. The molecule has 4 nitrogen and oxygen atoms in total. The van der Waals surface area contributed by atoms with Crippen molar-refractivity contribution in [2.24, 2.45) is 0 Å². The molecule has 2 aromatic rings. The van der Waals surface area contributed by atoms with Crippen molar-refractivity contribution < 1.29 is 9.53 Å². The lowest BCUT2D eigenvalue weighted by Crippen LogP contribution is -2.16. The van der Waals surface area contributed by atoms with Crippen molar-refractivity contribution in [3.63, 3.8) is 0 Å². The van der Waals surface area contributed by atoms with Gasteiger partial charge in [-0.2, -0.15) is 0 Å². The van der Waals surface area contributed by atoms with Crippen LogP contribution in [0.2, 0.25) is 0 Å². The molecular weight excluding hydrogens is 292 g/mol. The van der Waals surface area contributed by atoms with Crippen molar-refractivity contribution in [1.29, 1.82) is 0 Å². The molecular formula is C10H7BrN2O2S.